The van der Waals surface area contributed by atoms with Crippen molar-refractivity contribution in [1.82, 2.24) is 4.90 Å². The highest BCUT2D eigenvalue weighted by Crippen LogP contribution is 2.29. The number of hydrogen-bond acceptors (Lipinski definition) is 5. The molecule has 1 saturated heterocycles. The molecule has 2 aromatic carbocycles. The van der Waals surface area contributed by atoms with Crippen molar-refractivity contribution in [2.75, 3.05) is 25.5 Å². The van der Waals surface area contributed by atoms with Crippen LogP contribution >= 0.6 is 0 Å². The minimum absolute atomic E-state index is 0.00543. The van der Waals surface area contributed by atoms with E-state index in [0.717, 1.165) is 5.56 Å². The number of hydrogen-bond donors (Lipinski definition) is 2. The maximum Gasteiger partial charge on any atom is 0.341 e. The van der Waals surface area contributed by atoms with Crippen LogP contribution in [0.1, 0.15) is 35.2 Å². The summed E-state index contributed by atoms with van der Waals surface area (Å²) < 4.78 is 4.63. The summed E-state index contributed by atoms with van der Waals surface area (Å²) in [6.07, 6.45) is 2.27. The van der Waals surface area contributed by atoms with Crippen LogP contribution in [-0.4, -0.2) is 48.0 Å². The van der Waals surface area contributed by atoms with E-state index in [1.54, 1.807) is 6.07 Å². The first-order chi connectivity index (χ1) is 14.5. The van der Waals surface area contributed by atoms with Crippen LogP contribution in [0.5, 0.6) is 5.75 Å². The molecule has 0 aromatic heterocycles. The van der Waals surface area contributed by atoms with E-state index in [1.807, 2.05) is 35.2 Å². The smallest absolute Gasteiger partial charge is 0.341 e. The molecule has 1 aliphatic rings. The zero-order chi connectivity index (χ0) is 21.5. The number of aromatic hydroxyl groups is 1. The van der Waals surface area contributed by atoms with E-state index in [-0.39, 0.29) is 34.7 Å². The van der Waals surface area contributed by atoms with E-state index in [9.17, 15) is 19.5 Å². The average molecular weight is 410 g/mol. The number of phenols is 1. The maximum atomic E-state index is 12.6. The number of phenolic OH excluding ortho intramolecular Hbond substituents is 1. The van der Waals surface area contributed by atoms with Gasteiger partial charge in [-0.15, -0.1) is 0 Å². The average Bonchev–Trinajstić information content (AvgIpc) is 2.79. The molecule has 0 saturated carbocycles. The third-order valence-corrected chi connectivity index (χ3v) is 5.39. The number of methoxy groups -OCH3 is 1. The Balaban J connectivity index is 1.51. The van der Waals surface area contributed by atoms with Crippen LogP contribution in [0, 0.1) is 5.92 Å². The van der Waals surface area contributed by atoms with Crippen LogP contribution in [0.3, 0.4) is 0 Å². The largest absolute Gasteiger partial charge is 0.505 e. The fourth-order valence-electron chi connectivity index (χ4n) is 3.60. The van der Waals surface area contributed by atoms with Crippen molar-refractivity contribution in [3.05, 3.63) is 59.7 Å². The van der Waals surface area contributed by atoms with Crippen LogP contribution in [0.4, 0.5) is 5.69 Å². The highest BCUT2D eigenvalue weighted by molar-refractivity contribution is 5.99. The number of likely N-dealkylation sites (tertiary alicyclic amines) is 1. The molecule has 30 heavy (non-hydrogen) atoms. The summed E-state index contributed by atoms with van der Waals surface area (Å²) >= 11 is 0. The Kier molecular flexibility index (Phi) is 7.06. The lowest BCUT2D eigenvalue weighted by atomic mass is 9.95. The van der Waals surface area contributed by atoms with Crippen molar-refractivity contribution < 1.29 is 24.2 Å². The van der Waals surface area contributed by atoms with E-state index >= 15 is 0 Å². The van der Waals surface area contributed by atoms with Crippen molar-refractivity contribution in [1.29, 1.82) is 0 Å². The fourth-order valence-corrected chi connectivity index (χ4v) is 3.60. The molecule has 2 N–H and O–H groups in total. The van der Waals surface area contributed by atoms with Crippen molar-refractivity contribution in [3.63, 3.8) is 0 Å². The van der Waals surface area contributed by atoms with Crippen molar-refractivity contribution in [3.8, 4) is 5.75 Å². The molecule has 7 nitrogen and oxygen atoms in total. The number of anilines is 1. The predicted octanol–water partition coefficient (Wildman–Crippen LogP) is 2.99. The number of amides is 2. The summed E-state index contributed by atoms with van der Waals surface area (Å²) in [7, 11) is 1.22. The third kappa shape index (κ3) is 5.17. The Hall–Kier alpha value is -3.35. The number of benzene rings is 2. The quantitative estimate of drug-likeness (QED) is 0.564. The first-order valence-electron chi connectivity index (χ1n) is 10.0. The number of nitrogens with one attached hydrogen (secondary N) is 1. The SMILES string of the molecule is COC(=O)c1cccc(NC(=O)C2CCN(C(=O)CCc3ccccc3)CC2)c1O. The minimum atomic E-state index is -0.675. The number of rotatable bonds is 6. The Morgan fingerprint density at radius 3 is 2.43 bits per heavy atom. The van der Waals surface area contributed by atoms with Gasteiger partial charge in [-0.05, 0) is 37.0 Å². The van der Waals surface area contributed by atoms with E-state index in [0.29, 0.717) is 38.8 Å². The van der Waals surface area contributed by atoms with Gasteiger partial charge in [0.05, 0.1) is 12.8 Å². The first-order valence-corrected chi connectivity index (χ1v) is 10.0. The second-order valence-corrected chi connectivity index (χ2v) is 7.32. The molecule has 3 rings (SSSR count). The molecular formula is C23H26N2O5. The zero-order valence-corrected chi connectivity index (χ0v) is 17.0. The molecule has 0 bridgehead atoms. The number of piperidine rings is 1. The van der Waals surface area contributed by atoms with Gasteiger partial charge >= 0.3 is 5.97 Å². The third-order valence-electron chi connectivity index (χ3n) is 5.39. The summed E-state index contributed by atoms with van der Waals surface area (Å²) in [4.78, 5) is 38.6. The van der Waals surface area contributed by atoms with Crippen LogP contribution in [-0.2, 0) is 20.7 Å². The van der Waals surface area contributed by atoms with Crippen LogP contribution in [0.25, 0.3) is 0 Å². The molecule has 0 aliphatic carbocycles. The molecule has 7 heteroatoms. The molecule has 158 valence electrons. The number of para-hydroxylation sites is 1. The van der Waals surface area contributed by atoms with Gasteiger partial charge in [0, 0.05) is 25.4 Å². The van der Waals surface area contributed by atoms with Crippen molar-refractivity contribution in [2.45, 2.75) is 25.7 Å². The molecule has 1 fully saturated rings. The molecule has 1 heterocycles. The number of nitrogens with zero attached hydrogens (tertiary/aromatic N) is 1. The van der Waals surface area contributed by atoms with E-state index in [1.165, 1.54) is 19.2 Å². The van der Waals surface area contributed by atoms with Crippen molar-refractivity contribution in [2.24, 2.45) is 5.92 Å². The number of esters is 1. The second-order valence-electron chi connectivity index (χ2n) is 7.32. The van der Waals surface area contributed by atoms with Gasteiger partial charge in [0.1, 0.15) is 5.56 Å². The normalized spacial score (nSPS) is 14.2. The molecule has 0 unspecified atom stereocenters. The number of aryl methyl sites for hydroxylation is 1. The van der Waals surface area contributed by atoms with Gasteiger partial charge in [-0.3, -0.25) is 9.59 Å². The number of carbonyl (C=O) groups is 3. The Morgan fingerprint density at radius 1 is 1.07 bits per heavy atom. The molecular weight excluding hydrogens is 384 g/mol. The molecule has 0 spiro atoms. The summed E-state index contributed by atoms with van der Waals surface area (Å²) in [6.45, 7) is 1.06. The summed E-state index contributed by atoms with van der Waals surface area (Å²) in [5.74, 6) is -1.38. The lowest BCUT2D eigenvalue weighted by molar-refractivity contribution is -0.134. The summed E-state index contributed by atoms with van der Waals surface area (Å²) in [5.41, 5.74) is 1.30. The summed E-state index contributed by atoms with van der Waals surface area (Å²) in [5, 5.41) is 12.9. The molecule has 0 radical (unpaired) electrons. The minimum Gasteiger partial charge on any atom is -0.505 e. The highest BCUT2D eigenvalue weighted by atomic mass is 16.5. The van der Waals surface area contributed by atoms with Gasteiger partial charge in [-0.2, -0.15) is 0 Å². The lowest BCUT2D eigenvalue weighted by Gasteiger charge is -2.31. The van der Waals surface area contributed by atoms with E-state index < -0.39 is 5.97 Å². The van der Waals surface area contributed by atoms with Gasteiger partial charge in [-0.1, -0.05) is 36.4 Å². The van der Waals surface area contributed by atoms with E-state index in [2.05, 4.69) is 10.1 Å². The van der Waals surface area contributed by atoms with Crippen LogP contribution in [0.15, 0.2) is 48.5 Å². The van der Waals surface area contributed by atoms with Gasteiger partial charge in [0.25, 0.3) is 0 Å². The van der Waals surface area contributed by atoms with Crippen LogP contribution < -0.4 is 5.32 Å². The monoisotopic (exact) mass is 410 g/mol. The summed E-state index contributed by atoms with van der Waals surface area (Å²) in [6, 6.07) is 14.4. The first kappa shape index (κ1) is 21.4. The van der Waals surface area contributed by atoms with E-state index in [4.69, 9.17) is 0 Å². The predicted molar refractivity (Wildman–Crippen MR) is 112 cm³/mol. The Labute approximate surface area is 175 Å². The Bertz CT molecular complexity index is 905. The molecule has 0 atom stereocenters. The maximum absolute atomic E-state index is 12.6. The second kappa shape index (κ2) is 9.91. The standard InChI is InChI=1S/C23H26N2O5/c1-30-23(29)18-8-5-9-19(21(18)27)24-22(28)17-12-14-25(15-13-17)20(26)11-10-16-6-3-2-4-7-16/h2-9,17,27H,10-15H2,1H3,(H,24,28). The molecule has 1 aliphatic heterocycles. The fraction of sp³-hybridized carbons (Fsp3) is 0.348. The van der Waals surface area contributed by atoms with Gasteiger partial charge in [-0.25, -0.2) is 4.79 Å². The number of ether oxygens (including phenoxy) is 1. The zero-order valence-electron chi connectivity index (χ0n) is 17.0. The van der Waals surface area contributed by atoms with Crippen LogP contribution in [0.2, 0.25) is 0 Å². The number of carbonyl (C=O) groups excluding carboxylic acids is 3. The lowest BCUT2D eigenvalue weighted by Crippen LogP contribution is -2.41. The Morgan fingerprint density at radius 2 is 1.77 bits per heavy atom. The van der Waals surface area contributed by atoms with Crippen molar-refractivity contribution >= 4 is 23.5 Å². The topological polar surface area (TPSA) is 95.9 Å². The molecule has 2 aromatic rings. The van der Waals surface area contributed by atoms with Gasteiger partial charge < -0.3 is 20.1 Å². The highest BCUT2D eigenvalue weighted by Gasteiger charge is 2.28. The molecule has 2 amide bonds. The van der Waals surface area contributed by atoms with Gasteiger partial charge in [0.15, 0.2) is 5.75 Å². The van der Waals surface area contributed by atoms with Gasteiger partial charge in [0.2, 0.25) is 11.8 Å².